The van der Waals surface area contributed by atoms with Crippen LogP contribution in [-0.2, 0) is 9.47 Å². The van der Waals surface area contributed by atoms with Gasteiger partial charge in [-0.05, 0) is 11.1 Å². The molecule has 2 atom stereocenters. The Morgan fingerprint density at radius 3 is 2.13 bits per heavy atom. The standard InChI is InChI=1S/C22H19N5O4/c1-15(26-18(13-30-21(26)28)16-8-4-2-5-9-16)25-12-20(23-24-25)27-19(14-31-22(27)29)17-10-6-3-7-11-17/h2-12,18-19H,1,13-14H2/t18-,19-/m0/s1. The van der Waals surface area contributed by atoms with Crippen LogP contribution in [0.2, 0.25) is 0 Å². The predicted octanol–water partition coefficient (Wildman–Crippen LogP) is 3.60. The molecule has 3 heterocycles. The molecule has 2 aliphatic heterocycles. The summed E-state index contributed by atoms with van der Waals surface area (Å²) >= 11 is 0. The Kier molecular flexibility index (Phi) is 4.62. The van der Waals surface area contributed by atoms with Gasteiger partial charge >= 0.3 is 12.2 Å². The number of amides is 2. The average Bonchev–Trinajstić information content (AvgIpc) is 3.53. The Bertz CT molecular complexity index is 1130. The zero-order chi connectivity index (χ0) is 21.4. The number of nitrogens with zero attached hydrogens (tertiary/aromatic N) is 5. The Hall–Kier alpha value is -4.14. The van der Waals surface area contributed by atoms with Crippen LogP contribution in [0.5, 0.6) is 0 Å². The zero-order valence-electron chi connectivity index (χ0n) is 16.5. The van der Waals surface area contributed by atoms with E-state index in [2.05, 4.69) is 16.9 Å². The Balaban J connectivity index is 1.43. The summed E-state index contributed by atoms with van der Waals surface area (Å²) in [6.07, 6.45) is 0.534. The van der Waals surface area contributed by atoms with Crippen molar-refractivity contribution in [1.29, 1.82) is 0 Å². The third-order valence-corrected chi connectivity index (χ3v) is 5.39. The summed E-state index contributed by atoms with van der Waals surface area (Å²) in [4.78, 5) is 27.7. The van der Waals surface area contributed by atoms with Gasteiger partial charge < -0.3 is 9.47 Å². The van der Waals surface area contributed by atoms with Crippen LogP contribution in [-0.4, -0.2) is 45.3 Å². The van der Waals surface area contributed by atoms with E-state index in [9.17, 15) is 9.59 Å². The fourth-order valence-electron chi connectivity index (χ4n) is 3.82. The van der Waals surface area contributed by atoms with Crippen LogP contribution < -0.4 is 4.90 Å². The minimum Gasteiger partial charge on any atom is -0.447 e. The zero-order valence-corrected chi connectivity index (χ0v) is 16.5. The number of ether oxygens (including phenoxy) is 2. The average molecular weight is 417 g/mol. The maximum absolute atomic E-state index is 12.4. The summed E-state index contributed by atoms with van der Waals surface area (Å²) in [5, 5.41) is 8.24. The van der Waals surface area contributed by atoms with Gasteiger partial charge in [-0.25, -0.2) is 19.2 Å². The Morgan fingerprint density at radius 1 is 0.871 bits per heavy atom. The number of carbonyl (C=O) groups is 2. The van der Waals surface area contributed by atoms with Gasteiger partial charge in [0.05, 0.1) is 6.20 Å². The van der Waals surface area contributed by atoms with Crippen LogP contribution >= 0.6 is 0 Å². The Labute approximate surface area is 178 Å². The third kappa shape index (κ3) is 3.29. The summed E-state index contributed by atoms with van der Waals surface area (Å²) in [6, 6.07) is 18.5. The van der Waals surface area contributed by atoms with E-state index in [1.54, 1.807) is 6.20 Å². The fourth-order valence-corrected chi connectivity index (χ4v) is 3.82. The number of cyclic esters (lactones) is 2. The molecule has 2 aliphatic rings. The van der Waals surface area contributed by atoms with Crippen LogP contribution in [0.3, 0.4) is 0 Å². The maximum atomic E-state index is 12.4. The van der Waals surface area contributed by atoms with E-state index >= 15 is 0 Å². The lowest BCUT2D eigenvalue weighted by Crippen LogP contribution is -2.29. The molecule has 2 aromatic carbocycles. The highest BCUT2D eigenvalue weighted by Crippen LogP contribution is 2.34. The summed E-state index contributed by atoms with van der Waals surface area (Å²) in [7, 11) is 0. The van der Waals surface area contributed by atoms with Crippen molar-refractivity contribution in [3.63, 3.8) is 0 Å². The molecular formula is C22H19N5O4. The molecule has 2 amide bonds. The van der Waals surface area contributed by atoms with Crippen molar-refractivity contribution in [2.45, 2.75) is 12.1 Å². The number of benzene rings is 2. The number of aromatic nitrogens is 3. The van der Waals surface area contributed by atoms with Gasteiger partial charge in [-0.3, -0.25) is 4.90 Å². The lowest BCUT2D eigenvalue weighted by atomic mass is 10.1. The number of hydrogen-bond acceptors (Lipinski definition) is 6. The first-order valence-corrected chi connectivity index (χ1v) is 9.77. The quantitative estimate of drug-likeness (QED) is 0.630. The molecule has 0 radical (unpaired) electrons. The second-order valence-corrected chi connectivity index (χ2v) is 7.18. The van der Waals surface area contributed by atoms with Gasteiger partial charge in [0, 0.05) is 0 Å². The number of rotatable bonds is 5. The highest BCUT2D eigenvalue weighted by atomic mass is 16.6. The van der Waals surface area contributed by atoms with Gasteiger partial charge in [0.1, 0.15) is 31.1 Å². The van der Waals surface area contributed by atoms with Crippen LogP contribution in [0.15, 0.2) is 73.4 Å². The number of hydrogen-bond donors (Lipinski definition) is 0. The van der Waals surface area contributed by atoms with Crippen molar-refractivity contribution in [2.75, 3.05) is 18.1 Å². The highest BCUT2D eigenvalue weighted by Gasteiger charge is 2.39. The van der Waals surface area contributed by atoms with Gasteiger partial charge in [-0.15, -0.1) is 5.10 Å². The number of anilines is 1. The minimum atomic E-state index is -0.515. The van der Waals surface area contributed by atoms with E-state index in [-0.39, 0.29) is 31.1 Å². The summed E-state index contributed by atoms with van der Waals surface area (Å²) in [5.74, 6) is 0.584. The van der Waals surface area contributed by atoms with Crippen LogP contribution in [0.4, 0.5) is 15.4 Å². The van der Waals surface area contributed by atoms with E-state index in [1.807, 2.05) is 60.7 Å². The molecule has 0 saturated carbocycles. The Morgan fingerprint density at radius 2 is 1.45 bits per heavy atom. The first kappa shape index (κ1) is 18.9. The van der Waals surface area contributed by atoms with Crippen molar-refractivity contribution in [3.8, 4) is 0 Å². The second kappa shape index (κ2) is 7.60. The lowest BCUT2D eigenvalue weighted by molar-refractivity contribution is 0.166. The fraction of sp³-hybridized carbons (Fsp3) is 0.182. The smallest absolute Gasteiger partial charge is 0.416 e. The van der Waals surface area contributed by atoms with E-state index in [0.717, 1.165) is 11.1 Å². The molecule has 9 heteroatoms. The third-order valence-electron chi connectivity index (χ3n) is 5.39. The van der Waals surface area contributed by atoms with Crippen molar-refractivity contribution in [1.82, 2.24) is 19.9 Å². The maximum Gasteiger partial charge on any atom is 0.416 e. The molecule has 1 aromatic heterocycles. The number of carbonyl (C=O) groups excluding carboxylic acids is 2. The first-order chi connectivity index (χ1) is 15.1. The topological polar surface area (TPSA) is 89.8 Å². The van der Waals surface area contributed by atoms with Crippen LogP contribution in [0, 0.1) is 0 Å². The molecule has 2 fully saturated rings. The molecule has 0 spiro atoms. The molecule has 0 aliphatic carbocycles. The molecule has 3 aromatic rings. The van der Waals surface area contributed by atoms with Crippen molar-refractivity contribution >= 4 is 23.8 Å². The summed E-state index contributed by atoms with van der Waals surface area (Å²) in [5.41, 5.74) is 1.84. The summed E-state index contributed by atoms with van der Waals surface area (Å²) < 4.78 is 11.9. The molecule has 5 rings (SSSR count). The van der Waals surface area contributed by atoms with E-state index in [4.69, 9.17) is 9.47 Å². The molecular weight excluding hydrogens is 398 g/mol. The van der Waals surface area contributed by atoms with Crippen LogP contribution in [0.1, 0.15) is 23.2 Å². The highest BCUT2D eigenvalue weighted by molar-refractivity contribution is 5.89. The molecule has 0 bridgehead atoms. The van der Waals surface area contributed by atoms with Crippen molar-refractivity contribution < 1.29 is 19.1 Å². The van der Waals surface area contributed by atoms with Crippen molar-refractivity contribution in [2.24, 2.45) is 0 Å². The largest absolute Gasteiger partial charge is 0.447 e. The summed E-state index contributed by atoms with van der Waals surface area (Å²) in [6.45, 7) is 4.44. The van der Waals surface area contributed by atoms with E-state index in [0.29, 0.717) is 5.82 Å². The van der Waals surface area contributed by atoms with Gasteiger partial charge in [0.2, 0.25) is 0 Å². The molecule has 31 heavy (non-hydrogen) atoms. The minimum absolute atomic E-state index is 0.206. The van der Waals surface area contributed by atoms with E-state index < -0.39 is 12.2 Å². The lowest BCUT2D eigenvalue weighted by Gasteiger charge is -2.23. The van der Waals surface area contributed by atoms with Crippen molar-refractivity contribution in [3.05, 3.63) is 84.6 Å². The normalized spacial score (nSPS) is 20.6. The molecule has 0 N–H and O–H groups in total. The van der Waals surface area contributed by atoms with E-state index in [1.165, 1.54) is 14.5 Å². The SMILES string of the molecule is C=C(N1C(=O)OC[C@H]1c1ccccc1)n1cc(N2C(=O)OC[C@H]2c2ccccc2)nn1. The molecule has 2 saturated heterocycles. The van der Waals surface area contributed by atoms with Gasteiger partial charge in [-0.1, -0.05) is 72.5 Å². The van der Waals surface area contributed by atoms with Crippen LogP contribution in [0.25, 0.3) is 5.82 Å². The van der Waals surface area contributed by atoms with Gasteiger partial charge in [-0.2, -0.15) is 0 Å². The molecule has 156 valence electrons. The van der Waals surface area contributed by atoms with Gasteiger partial charge in [0.25, 0.3) is 0 Å². The van der Waals surface area contributed by atoms with Gasteiger partial charge in [0.15, 0.2) is 5.82 Å². The first-order valence-electron chi connectivity index (χ1n) is 9.77. The molecule has 0 unspecified atom stereocenters. The molecule has 9 nitrogen and oxygen atoms in total. The monoisotopic (exact) mass is 417 g/mol. The second-order valence-electron chi connectivity index (χ2n) is 7.18. The predicted molar refractivity (Wildman–Crippen MR) is 111 cm³/mol.